The van der Waals surface area contributed by atoms with Crippen LogP contribution in [0.1, 0.15) is 27.9 Å². The highest BCUT2D eigenvalue weighted by Gasteiger charge is 2.24. The second kappa shape index (κ2) is 7.08. The zero-order valence-corrected chi connectivity index (χ0v) is 13.4. The van der Waals surface area contributed by atoms with Crippen LogP contribution in [0.5, 0.6) is 0 Å². The number of carbonyl (C=O) groups excluding carboxylic acids is 2. The van der Waals surface area contributed by atoms with Crippen molar-refractivity contribution in [2.24, 2.45) is 0 Å². The molecular formula is C19H19N3O2. The summed E-state index contributed by atoms with van der Waals surface area (Å²) in [6.45, 7) is 4.50. The zero-order valence-electron chi connectivity index (χ0n) is 13.4. The van der Waals surface area contributed by atoms with E-state index in [4.69, 9.17) is 0 Å². The number of nitrogens with one attached hydrogen (secondary N) is 1. The molecule has 2 aromatic rings. The van der Waals surface area contributed by atoms with E-state index in [0.717, 1.165) is 29.8 Å². The van der Waals surface area contributed by atoms with Crippen LogP contribution in [-0.2, 0) is 17.8 Å². The van der Waals surface area contributed by atoms with Crippen LogP contribution < -0.4 is 10.2 Å². The predicted octanol–water partition coefficient (Wildman–Crippen LogP) is 2.48. The number of rotatable bonds is 4. The second-order valence-electron chi connectivity index (χ2n) is 5.67. The Morgan fingerprint density at radius 3 is 2.79 bits per heavy atom. The summed E-state index contributed by atoms with van der Waals surface area (Å²) in [6.07, 6.45) is 4.85. The molecule has 5 heteroatoms. The Morgan fingerprint density at radius 1 is 1.25 bits per heavy atom. The number of benzene rings is 1. The summed E-state index contributed by atoms with van der Waals surface area (Å²) in [6, 6.07) is 11.2. The molecule has 1 aromatic carbocycles. The van der Waals surface area contributed by atoms with Gasteiger partial charge in [0.2, 0.25) is 5.91 Å². The standard InChI is InChI=1S/C19H19N3O2/c1-2-17(23)21-13-14-7-9-16(10-8-14)19(24)22-12-4-6-15-5-3-11-20-18(15)22/h2-3,5,7-11H,1,4,6,12-13H2,(H,21,23). The topological polar surface area (TPSA) is 62.3 Å². The molecule has 0 saturated carbocycles. The molecule has 0 unspecified atom stereocenters. The fourth-order valence-electron chi connectivity index (χ4n) is 2.78. The van der Waals surface area contributed by atoms with Gasteiger partial charge < -0.3 is 5.32 Å². The third-order valence-corrected chi connectivity index (χ3v) is 4.05. The maximum Gasteiger partial charge on any atom is 0.259 e. The minimum Gasteiger partial charge on any atom is -0.348 e. The van der Waals surface area contributed by atoms with Gasteiger partial charge in [0.1, 0.15) is 5.82 Å². The van der Waals surface area contributed by atoms with Crippen molar-refractivity contribution in [2.45, 2.75) is 19.4 Å². The molecule has 3 rings (SSSR count). The summed E-state index contributed by atoms with van der Waals surface area (Å²) in [5.41, 5.74) is 2.66. The van der Waals surface area contributed by atoms with Gasteiger partial charge in [0.05, 0.1) is 0 Å². The molecule has 2 amide bonds. The van der Waals surface area contributed by atoms with Gasteiger partial charge in [-0.25, -0.2) is 4.98 Å². The van der Waals surface area contributed by atoms with Crippen molar-refractivity contribution < 1.29 is 9.59 Å². The molecule has 0 radical (unpaired) electrons. The fourth-order valence-corrected chi connectivity index (χ4v) is 2.78. The summed E-state index contributed by atoms with van der Waals surface area (Å²) < 4.78 is 0. The lowest BCUT2D eigenvalue weighted by molar-refractivity contribution is -0.116. The monoisotopic (exact) mass is 321 g/mol. The normalized spacial score (nSPS) is 13.1. The van der Waals surface area contributed by atoms with Crippen LogP contribution in [0.15, 0.2) is 55.3 Å². The molecule has 1 N–H and O–H groups in total. The number of pyridine rings is 1. The van der Waals surface area contributed by atoms with E-state index >= 15 is 0 Å². The molecule has 0 fully saturated rings. The van der Waals surface area contributed by atoms with Gasteiger partial charge in [-0.15, -0.1) is 0 Å². The van der Waals surface area contributed by atoms with Crippen LogP contribution in [0.3, 0.4) is 0 Å². The van der Waals surface area contributed by atoms with E-state index in [1.807, 2.05) is 24.3 Å². The maximum atomic E-state index is 12.8. The SMILES string of the molecule is C=CC(=O)NCc1ccc(C(=O)N2CCCc3cccnc32)cc1. The van der Waals surface area contributed by atoms with Gasteiger partial charge in [-0.05, 0) is 48.2 Å². The number of hydrogen-bond acceptors (Lipinski definition) is 3. The number of nitrogens with zero attached hydrogens (tertiary/aromatic N) is 2. The van der Waals surface area contributed by atoms with Crippen LogP contribution in [0.25, 0.3) is 0 Å². The summed E-state index contributed by atoms with van der Waals surface area (Å²) in [5.74, 6) is 0.499. The lowest BCUT2D eigenvalue weighted by Crippen LogP contribution is -2.36. The average Bonchev–Trinajstić information content (AvgIpc) is 2.65. The van der Waals surface area contributed by atoms with Crippen LogP contribution in [0.2, 0.25) is 0 Å². The van der Waals surface area contributed by atoms with Gasteiger partial charge in [-0.1, -0.05) is 24.8 Å². The zero-order chi connectivity index (χ0) is 16.9. The molecule has 1 aromatic heterocycles. The van der Waals surface area contributed by atoms with E-state index in [1.165, 1.54) is 6.08 Å². The quantitative estimate of drug-likeness (QED) is 0.880. The number of aromatic nitrogens is 1. The molecule has 122 valence electrons. The highest BCUT2D eigenvalue weighted by Crippen LogP contribution is 2.25. The fraction of sp³-hybridized carbons (Fsp3) is 0.211. The Morgan fingerprint density at radius 2 is 2.04 bits per heavy atom. The molecule has 0 spiro atoms. The van der Waals surface area contributed by atoms with Crippen molar-refractivity contribution in [2.75, 3.05) is 11.4 Å². The lowest BCUT2D eigenvalue weighted by atomic mass is 10.0. The number of amides is 2. The van der Waals surface area contributed by atoms with Crippen molar-refractivity contribution in [1.29, 1.82) is 0 Å². The Balaban J connectivity index is 1.74. The summed E-state index contributed by atoms with van der Waals surface area (Å²) in [7, 11) is 0. The Labute approximate surface area is 141 Å². The van der Waals surface area contributed by atoms with Crippen molar-refractivity contribution in [3.05, 3.63) is 71.9 Å². The Hall–Kier alpha value is -2.95. The Kier molecular flexibility index (Phi) is 4.70. The maximum absolute atomic E-state index is 12.8. The molecule has 0 atom stereocenters. The molecule has 1 aliphatic heterocycles. The highest BCUT2D eigenvalue weighted by molar-refractivity contribution is 6.06. The minimum atomic E-state index is -0.217. The number of aryl methyl sites for hydroxylation is 1. The van der Waals surface area contributed by atoms with Gasteiger partial charge in [0.15, 0.2) is 0 Å². The number of anilines is 1. The summed E-state index contributed by atoms with van der Waals surface area (Å²) in [4.78, 5) is 30.1. The second-order valence-corrected chi connectivity index (χ2v) is 5.67. The lowest BCUT2D eigenvalue weighted by Gasteiger charge is -2.28. The predicted molar refractivity (Wildman–Crippen MR) is 92.7 cm³/mol. The van der Waals surface area contributed by atoms with Gasteiger partial charge in [0, 0.05) is 24.8 Å². The summed E-state index contributed by atoms with van der Waals surface area (Å²) in [5, 5.41) is 2.71. The molecule has 0 aliphatic carbocycles. The third kappa shape index (κ3) is 3.35. The smallest absolute Gasteiger partial charge is 0.259 e. The average molecular weight is 321 g/mol. The first-order valence-electron chi connectivity index (χ1n) is 7.94. The molecule has 24 heavy (non-hydrogen) atoms. The molecule has 5 nitrogen and oxygen atoms in total. The molecule has 0 bridgehead atoms. The van der Waals surface area contributed by atoms with E-state index in [9.17, 15) is 9.59 Å². The van der Waals surface area contributed by atoms with E-state index in [-0.39, 0.29) is 11.8 Å². The van der Waals surface area contributed by atoms with Gasteiger partial charge in [-0.2, -0.15) is 0 Å². The van der Waals surface area contributed by atoms with E-state index in [0.29, 0.717) is 18.7 Å². The highest BCUT2D eigenvalue weighted by atomic mass is 16.2. The van der Waals surface area contributed by atoms with Gasteiger partial charge >= 0.3 is 0 Å². The largest absolute Gasteiger partial charge is 0.348 e. The number of carbonyl (C=O) groups is 2. The van der Waals surface area contributed by atoms with Gasteiger partial charge in [0.25, 0.3) is 5.91 Å². The first-order chi connectivity index (χ1) is 11.7. The van der Waals surface area contributed by atoms with Crippen molar-refractivity contribution in [3.8, 4) is 0 Å². The van der Waals surface area contributed by atoms with Crippen LogP contribution >= 0.6 is 0 Å². The molecule has 1 aliphatic rings. The van der Waals surface area contributed by atoms with Crippen LogP contribution in [0, 0.1) is 0 Å². The van der Waals surface area contributed by atoms with E-state index in [1.54, 1.807) is 23.2 Å². The number of hydrogen-bond donors (Lipinski definition) is 1. The van der Waals surface area contributed by atoms with Crippen molar-refractivity contribution >= 4 is 17.6 Å². The van der Waals surface area contributed by atoms with E-state index < -0.39 is 0 Å². The molecule has 2 heterocycles. The molecule has 0 saturated heterocycles. The number of fused-ring (bicyclic) bond motifs is 1. The minimum absolute atomic E-state index is 0.0451. The van der Waals surface area contributed by atoms with Crippen LogP contribution in [-0.4, -0.2) is 23.3 Å². The summed E-state index contributed by atoms with van der Waals surface area (Å²) >= 11 is 0. The first-order valence-corrected chi connectivity index (χ1v) is 7.94. The third-order valence-electron chi connectivity index (χ3n) is 4.05. The van der Waals surface area contributed by atoms with Crippen LogP contribution in [0.4, 0.5) is 5.82 Å². The van der Waals surface area contributed by atoms with Crippen molar-refractivity contribution in [3.63, 3.8) is 0 Å². The van der Waals surface area contributed by atoms with Crippen molar-refractivity contribution in [1.82, 2.24) is 10.3 Å². The van der Waals surface area contributed by atoms with E-state index in [2.05, 4.69) is 16.9 Å². The first kappa shape index (κ1) is 15.9. The molecular weight excluding hydrogens is 302 g/mol. The Bertz CT molecular complexity index is 768. The van der Waals surface area contributed by atoms with Gasteiger partial charge in [-0.3, -0.25) is 14.5 Å².